The summed E-state index contributed by atoms with van der Waals surface area (Å²) in [5, 5.41) is 7.72. The Morgan fingerprint density at radius 3 is 2.68 bits per heavy atom. The summed E-state index contributed by atoms with van der Waals surface area (Å²) in [4.78, 5) is 32.2. The molecule has 4 rings (SSSR count). The van der Waals surface area contributed by atoms with E-state index in [0.717, 1.165) is 30.9 Å². The maximum atomic E-state index is 12.5. The Morgan fingerprint density at radius 2 is 1.92 bits per heavy atom. The van der Waals surface area contributed by atoms with E-state index < -0.39 is 30.5 Å². The Kier molecular flexibility index (Phi) is 8.88. The number of aryl methyl sites for hydroxylation is 3. The van der Waals surface area contributed by atoms with Crippen LogP contribution in [-0.2, 0) is 40.0 Å². The number of pyridine rings is 1. The summed E-state index contributed by atoms with van der Waals surface area (Å²) in [5.41, 5.74) is 2.64. The molecular weight excluding hydrogens is 548 g/mol. The van der Waals surface area contributed by atoms with Crippen molar-refractivity contribution in [1.82, 2.24) is 15.1 Å². The number of carbonyl (C=O) groups is 2. The van der Waals surface area contributed by atoms with Crippen LogP contribution in [-0.4, -0.2) is 39.8 Å². The van der Waals surface area contributed by atoms with Gasteiger partial charge in [0.15, 0.2) is 5.82 Å². The standard InChI is InChI=1S/C25H23Cl2F3N4O4/c26-18-9-7-15(11-19(18)27)16(13-22(35)37-24(36)25(28,29)30)12-21-33-20(34-38-21)5-1-4-17-8-6-14-3-2-10-31-23(14)32-17/h6-9,11,16H,1-5,10,12-13H2,(H,31,32). The molecule has 0 saturated carbocycles. The maximum Gasteiger partial charge on any atom is 0.491 e. The van der Waals surface area contributed by atoms with Gasteiger partial charge in [0, 0.05) is 31.0 Å². The first-order chi connectivity index (χ1) is 18.1. The summed E-state index contributed by atoms with van der Waals surface area (Å²) in [7, 11) is 0. The van der Waals surface area contributed by atoms with E-state index in [1.165, 1.54) is 17.7 Å². The third kappa shape index (κ3) is 7.44. The first kappa shape index (κ1) is 27.8. The van der Waals surface area contributed by atoms with Crippen LogP contribution in [0.3, 0.4) is 0 Å². The average molecular weight is 571 g/mol. The van der Waals surface area contributed by atoms with Crippen LogP contribution in [0.1, 0.15) is 53.7 Å². The van der Waals surface area contributed by atoms with Crippen LogP contribution in [0.2, 0.25) is 10.0 Å². The summed E-state index contributed by atoms with van der Waals surface area (Å²) in [5.74, 6) is -3.16. The third-order valence-electron chi connectivity index (χ3n) is 5.98. The van der Waals surface area contributed by atoms with Gasteiger partial charge in [0.2, 0.25) is 5.89 Å². The zero-order chi connectivity index (χ0) is 27.3. The Morgan fingerprint density at radius 1 is 1.11 bits per heavy atom. The van der Waals surface area contributed by atoms with Gasteiger partial charge in [-0.3, -0.25) is 4.79 Å². The fourth-order valence-electron chi connectivity index (χ4n) is 4.10. The van der Waals surface area contributed by atoms with Gasteiger partial charge in [0.25, 0.3) is 0 Å². The number of ether oxygens (including phenoxy) is 1. The number of alkyl halides is 3. The number of aromatic nitrogens is 3. The van der Waals surface area contributed by atoms with Gasteiger partial charge < -0.3 is 14.6 Å². The number of fused-ring (bicyclic) bond motifs is 1. The summed E-state index contributed by atoms with van der Waals surface area (Å²) < 4.78 is 46.8. The number of nitrogens with one attached hydrogen (secondary N) is 1. The van der Waals surface area contributed by atoms with Crippen LogP contribution in [0.5, 0.6) is 0 Å². The molecule has 1 aromatic carbocycles. The molecule has 0 radical (unpaired) electrons. The molecule has 0 fully saturated rings. The zero-order valence-corrected chi connectivity index (χ0v) is 21.5. The van der Waals surface area contributed by atoms with E-state index >= 15 is 0 Å². The molecule has 0 aliphatic carbocycles. The zero-order valence-electron chi connectivity index (χ0n) is 20.0. The molecule has 38 heavy (non-hydrogen) atoms. The molecule has 202 valence electrons. The maximum absolute atomic E-state index is 12.5. The molecule has 3 aromatic rings. The number of anilines is 1. The number of nitrogens with zero attached hydrogens (tertiary/aromatic N) is 3. The molecule has 1 aliphatic heterocycles. The SMILES string of the molecule is O=C(CC(Cc1nc(CCCc2ccc3c(n2)NCCC3)no1)c1ccc(Cl)c(Cl)c1)OC(=O)C(F)(F)F. The number of benzene rings is 1. The highest BCUT2D eigenvalue weighted by Crippen LogP contribution is 2.31. The number of hydrogen-bond acceptors (Lipinski definition) is 8. The second-order valence-electron chi connectivity index (χ2n) is 8.84. The molecule has 0 spiro atoms. The van der Waals surface area contributed by atoms with E-state index in [4.69, 9.17) is 27.7 Å². The minimum atomic E-state index is -5.29. The van der Waals surface area contributed by atoms with Crippen LogP contribution in [0.15, 0.2) is 34.9 Å². The molecule has 1 unspecified atom stereocenters. The fraction of sp³-hybridized carbons (Fsp3) is 0.400. The van der Waals surface area contributed by atoms with E-state index in [1.54, 1.807) is 6.07 Å². The molecule has 13 heteroatoms. The Bertz CT molecular complexity index is 1320. The number of carbonyl (C=O) groups excluding carboxylic acids is 2. The predicted octanol–water partition coefficient (Wildman–Crippen LogP) is 5.65. The van der Waals surface area contributed by atoms with Crippen LogP contribution in [0, 0.1) is 0 Å². The van der Waals surface area contributed by atoms with Crippen molar-refractivity contribution in [2.45, 2.75) is 57.0 Å². The van der Waals surface area contributed by atoms with E-state index in [1.807, 2.05) is 6.07 Å². The van der Waals surface area contributed by atoms with Crippen molar-refractivity contribution in [2.24, 2.45) is 0 Å². The van der Waals surface area contributed by atoms with Crippen molar-refractivity contribution >= 4 is 41.0 Å². The van der Waals surface area contributed by atoms with Crippen LogP contribution in [0.25, 0.3) is 0 Å². The molecule has 1 N–H and O–H groups in total. The van der Waals surface area contributed by atoms with E-state index in [0.29, 0.717) is 30.7 Å². The second kappa shape index (κ2) is 12.1. The molecule has 8 nitrogen and oxygen atoms in total. The number of esters is 2. The fourth-order valence-corrected chi connectivity index (χ4v) is 4.41. The van der Waals surface area contributed by atoms with E-state index in [-0.39, 0.29) is 22.4 Å². The third-order valence-corrected chi connectivity index (χ3v) is 6.72. The topological polar surface area (TPSA) is 107 Å². The lowest BCUT2D eigenvalue weighted by molar-refractivity contribution is -0.202. The molecule has 2 aromatic heterocycles. The highest BCUT2D eigenvalue weighted by atomic mass is 35.5. The number of hydrogen-bond donors (Lipinski definition) is 1. The van der Waals surface area contributed by atoms with Gasteiger partial charge in [-0.2, -0.15) is 18.2 Å². The summed E-state index contributed by atoms with van der Waals surface area (Å²) in [6.45, 7) is 0.911. The largest absolute Gasteiger partial charge is 0.491 e. The molecule has 1 atom stereocenters. The quantitative estimate of drug-likeness (QED) is 0.259. The molecular formula is C25H23Cl2F3N4O4. The second-order valence-corrected chi connectivity index (χ2v) is 9.65. The first-order valence-corrected chi connectivity index (χ1v) is 12.6. The van der Waals surface area contributed by atoms with Gasteiger partial charge in [-0.1, -0.05) is 40.5 Å². The molecule has 0 bridgehead atoms. The normalized spacial score (nSPS) is 13.9. The summed E-state index contributed by atoms with van der Waals surface area (Å²) in [6, 6.07) is 8.63. The lowest BCUT2D eigenvalue weighted by Gasteiger charge is -2.17. The lowest BCUT2D eigenvalue weighted by Crippen LogP contribution is -2.28. The minimum absolute atomic E-state index is 0.00167. The van der Waals surface area contributed by atoms with E-state index in [2.05, 4.69) is 31.2 Å². The van der Waals surface area contributed by atoms with Crippen LogP contribution in [0.4, 0.5) is 19.0 Å². The van der Waals surface area contributed by atoms with Crippen molar-refractivity contribution in [2.75, 3.05) is 11.9 Å². The van der Waals surface area contributed by atoms with E-state index in [9.17, 15) is 22.8 Å². The molecule has 3 heterocycles. The Hall–Kier alpha value is -3.18. The summed E-state index contributed by atoms with van der Waals surface area (Å²) >= 11 is 12.0. The smallest absolute Gasteiger partial charge is 0.386 e. The van der Waals surface area contributed by atoms with Crippen molar-refractivity contribution < 1.29 is 32.0 Å². The van der Waals surface area contributed by atoms with Gasteiger partial charge in [-0.15, -0.1) is 0 Å². The van der Waals surface area contributed by atoms with Crippen molar-refractivity contribution in [3.63, 3.8) is 0 Å². The molecule has 0 amide bonds. The van der Waals surface area contributed by atoms with Crippen LogP contribution >= 0.6 is 23.2 Å². The van der Waals surface area contributed by atoms with Gasteiger partial charge >= 0.3 is 18.1 Å². The minimum Gasteiger partial charge on any atom is -0.386 e. The Labute approximate surface area is 225 Å². The van der Waals surface area contributed by atoms with Gasteiger partial charge in [-0.05, 0) is 55.0 Å². The lowest BCUT2D eigenvalue weighted by atomic mass is 9.92. The molecule has 1 aliphatic rings. The highest BCUT2D eigenvalue weighted by Gasteiger charge is 2.42. The first-order valence-electron chi connectivity index (χ1n) is 11.9. The van der Waals surface area contributed by atoms with Gasteiger partial charge in [0.1, 0.15) is 5.82 Å². The van der Waals surface area contributed by atoms with Crippen molar-refractivity contribution in [3.05, 3.63) is 68.9 Å². The van der Waals surface area contributed by atoms with Crippen molar-refractivity contribution in [3.8, 4) is 0 Å². The number of rotatable bonds is 9. The highest BCUT2D eigenvalue weighted by molar-refractivity contribution is 6.42. The predicted molar refractivity (Wildman–Crippen MR) is 132 cm³/mol. The van der Waals surface area contributed by atoms with Crippen LogP contribution < -0.4 is 5.32 Å². The monoisotopic (exact) mass is 570 g/mol. The average Bonchev–Trinajstić information content (AvgIpc) is 3.31. The number of halogens is 5. The Balaban J connectivity index is 1.39. The molecule has 0 saturated heterocycles. The summed E-state index contributed by atoms with van der Waals surface area (Å²) in [6.07, 6.45) is -1.81. The van der Waals surface area contributed by atoms with Gasteiger partial charge in [-0.25, -0.2) is 9.78 Å². The van der Waals surface area contributed by atoms with Crippen molar-refractivity contribution in [1.29, 1.82) is 0 Å². The van der Waals surface area contributed by atoms with Gasteiger partial charge in [0.05, 0.1) is 16.5 Å².